The number of anilines is 2. The third kappa shape index (κ3) is 3.41. The first kappa shape index (κ1) is 19.2. The van der Waals surface area contributed by atoms with Crippen molar-refractivity contribution in [1.82, 2.24) is 24.5 Å². The number of para-hydroxylation sites is 1. The van der Waals surface area contributed by atoms with Gasteiger partial charge >= 0.3 is 0 Å². The molecule has 2 N–H and O–H groups in total. The Morgan fingerprint density at radius 3 is 2.71 bits per heavy atom. The summed E-state index contributed by atoms with van der Waals surface area (Å²) in [7, 11) is 0. The van der Waals surface area contributed by atoms with Crippen LogP contribution in [0, 0.1) is 17.1 Å². The Morgan fingerprint density at radius 1 is 1.16 bits per heavy atom. The van der Waals surface area contributed by atoms with Gasteiger partial charge in [-0.3, -0.25) is 4.90 Å². The van der Waals surface area contributed by atoms with E-state index < -0.39 is 0 Å². The molecule has 0 amide bonds. The van der Waals surface area contributed by atoms with E-state index in [1.807, 2.05) is 24.3 Å². The number of nitrogen functional groups attached to an aromatic ring is 1. The van der Waals surface area contributed by atoms with Crippen molar-refractivity contribution in [2.75, 3.05) is 30.3 Å². The second-order valence-electron chi connectivity index (χ2n) is 7.79. The molecule has 1 aliphatic heterocycles. The lowest BCUT2D eigenvalue weighted by molar-refractivity contribution is 0.177. The molecule has 4 aromatic rings. The molecule has 31 heavy (non-hydrogen) atoms. The van der Waals surface area contributed by atoms with Crippen molar-refractivity contribution in [3.8, 4) is 6.07 Å². The van der Waals surface area contributed by atoms with Gasteiger partial charge in [-0.25, -0.2) is 14.4 Å². The Labute approximate surface area is 178 Å². The Balaban J connectivity index is 1.40. The summed E-state index contributed by atoms with van der Waals surface area (Å²) in [4.78, 5) is 13.7. The third-order valence-corrected chi connectivity index (χ3v) is 5.79. The number of nitrogens with two attached hydrogens (primary N) is 1. The Morgan fingerprint density at radius 2 is 1.97 bits per heavy atom. The molecule has 0 unspecified atom stereocenters. The van der Waals surface area contributed by atoms with Crippen LogP contribution in [0.3, 0.4) is 0 Å². The molecule has 5 rings (SSSR count). The van der Waals surface area contributed by atoms with Crippen LogP contribution in [-0.4, -0.2) is 50.2 Å². The molecule has 2 aromatic carbocycles. The normalized spacial score (nSPS) is 17.3. The number of nitriles is 1. The number of rotatable bonds is 3. The SMILES string of the molecule is C[C@@H]1CN(c2ccc(F)cc2)CCN1Cc1nc2c3cccc(C#N)c3nc(N)n2n1. The fraction of sp³-hybridized carbons (Fsp3) is 0.273. The summed E-state index contributed by atoms with van der Waals surface area (Å²) in [6.45, 7) is 5.24. The molecule has 9 heteroatoms. The first-order chi connectivity index (χ1) is 15.0. The molecular weight excluding hydrogens is 395 g/mol. The smallest absolute Gasteiger partial charge is 0.223 e. The van der Waals surface area contributed by atoms with Crippen LogP contribution in [0.2, 0.25) is 0 Å². The monoisotopic (exact) mass is 416 g/mol. The highest BCUT2D eigenvalue weighted by Gasteiger charge is 2.25. The zero-order valence-corrected chi connectivity index (χ0v) is 17.0. The molecule has 1 fully saturated rings. The molecule has 0 spiro atoms. The summed E-state index contributed by atoms with van der Waals surface area (Å²) >= 11 is 0. The van der Waals surface area contributed by atoms with Gasteiger partial charge in [-0.1, -0.05) is 6.07 Å². The second-order valence-corrected chi connectivity index (χ2v) is 7.79. The largest absolute Gasteiger partial charge is 0.369 e. The first-order valence-corrected chi connectivity index (χ1v) is 10.1. The summed E-state index contributed by atoms with van der Waals surface area (Å²) in [6.07, 6.45) is 0. The van der Waals surface area contributed by atoms with Crippen molar-refractivity contribution in [2.24, 2.45) is 0 Å². The number of piperazine rings is 1. The fourth-order valence-corrected chi connectivity index (χ4v) is 4.15. The predicted molar refractivity (Wildman–Crippen MR) is 116 cm³/mol. The number of hydrogen-bond donors (Lipinski definition) is 1. The van der Waals surface area contributed by atoms with Gasteiger partial charge in [-0.2, -0.15) is 9.78 Å². The van der Waals surface area contributed by atoms with Crippen molar-refractivity contribution in [2.45, 2.75) is 19.5 Å². The van der Waals surface area contributed by atoms with E-state index in [0.717, 1.165) is 30.7 Å². The van der Waals surface area contributed by atoms with Crippen LogP contribution in [0.1, 0.15) is 18.3 Å². The summed E-state index contributed by atoms with van der Waals surface area (Å²) in [5, 5.41) is 14.7. The van der Waals surface area contributed by atoms with Gasteiger partial charge < -0.3 is 10.6 Å². The molecule has 3 heterocycles. The average molecular weight is 416 g/mol. The van der Waals surface area contributed by atoms with Crippen LogP contribution < -0.4 is 10.6 Å². The van der Waals surface area contributed by atoms with E-state index in [1.54, 1.807) is 6.07 Å². The van der Waals surface area contributed by atoms with Crippen molar-refractivity contribution in [1.29, 1.82) is 5.26 Å². The number of nitrogens with zero attached hydrogens (tertiary/aromatic N) is 7. The van der Waals surface area contributed by atoms with E-state index >= 15 is 0 Å². The molecule has 0 radical (unpaired) electrons. The molecule has 1 aliphatic rings. The second kappa shape index (κ2) is 7.49. The predicted octanol–water partition coefficient (Wildman–Crippen LogP) is 2.58. The van der Waals surface area contributed by atoms with Gasteiger partial charge in [-0.15, -0.1) is 5.10 Å². The molecule has 8 nitrogen and oxygen atoms in total. The van der Waals surface area contributed by atoms with E-state index in [-0.39, 0.29) is 17.8 Å². The van der Waals surface area contributed by atoms with E-state index in [4.69, 9.17) is 10.7 Å². The van der Waals surface area contributed by atoms with Gasteiger partial charge in [0.2, 0.25) is 5.95 Å². The Kier molecular flexibility index (Phi) is 4.64. The maximum absolute atomic E-state index is 13.2. The maximum Gasteiger partial charge on any atom is 0.223 e. The van der Waals surface area contributed by atoms with Gasteiger partial charge in [0, 0.05) is 36.7 Å². The highest BCUT2D eigenvalue weighted by atomic mass is 19.1. The van der Waals surface area contributed by atoms with Crippen molar-refractivity contribution < 1.29 is 4.39 Å². The Bertz CT molecular complexity index is 1310. The van der Waals surface area contributed by atoms with Crippen LogP contribution in [0.5, 0.6) is 0 Å². The van der Waals surface area contributed by atoms with Crippen molar-refractivity contribution in [3.05, 3.63) is 59.7 Å². The van der Waals surface area contributed by atoms with Crippen LogP contribution in [0.25, 0.3) is 16.6 Å². The molecule has 0 aliphatic carbocycles. The summed E-state index contributed by atoms with van der Waals surface area (Å²) in [5.41, 5.74) is 8.73. The minimum absolute atomic E-state index is 0.207. The fourth-order valence-electron chi connectivity index (χ4n) is 4.15. The molecule has 1 saturated heterocycles. The van der Waals surface area contributed by atoms with Crippen molar-refractivity contribution >= 4 is 28.2 Å². The molecule has 156 valence electrons. The number of aromatic nitrogens is 4. The topological polar surface area (TPSA) is 99.4 Å². The summed E-state index contributed by atoms with van der Waals surface area (Å²) in [5.74, 6) is 0.639. The van der Waals surface area contributed by atoms with E-state index in [0.29, 0.717) is 29.1 Å². The number of fused-ring (bicyclic) bond motifs is 3. The molecule has 0 saturated carbocycles. The van der Waals surface area contributed by atoms with Crippen LogP contribution >= 0.6 is 0 Å². The molecular formula is C22H21FN8. The van der Waals surface area contributed by atoms with Crippen LogP contribution in [0.4, 0.5) is 16.0 Å². The lowest BCUT2D eigenvalue weighted by Crippen LogP contribution is -2.51. The Hall–Kier alpha value is -3.77. The van der Waals surface area contributed by atoms with E-state index in [9.17, 15) is 9.65 Å². The highest BCUT2D eigenvalue weighted by molar-refractivity contribution is 5.95. The molecule has 0 bridgehead atoms. The zero-order chi connectivity index (χ0) is 21.5. The highest BCUT2D eigenvalue weighted by Crippen LogP contribution is 2.24. The van der Waals surface area contributed by atoms with Gasteiger partial charge in [0.15, 0.2) is 11.5 Å². The minimum atomic E-state index is -0.225. The molecule has 1 atom stereocenters. The van der Waals surface area contributed by atoms with Crippen LogP contribution in [-0.2, 0) is 6.54 Å². The first-order valence-electron chi connectivity index (χ1n) is 10.1. The van der Waals surface area contributed by atoms with E-state index in [2.05, 4.69) is 32.9 Å². The maximum atomic E-state index is 13.2. The summed E-state index contributed by atoms with van der Waals surface area (Å²) < 4.78 is 14.8. The number of halogens is 1. The zero-order valence-electron chi connectivity index (χ0n) is 17.0. The van der Waals surface area contributed by atoms with Crippen molar-refractivity contribution in [3.63, 3.8) is 0 Å². The van der Waals surface area contributed by atoms with Gasteiger partial charge in [-0.05, 0) is 43.3 Å². The third-order valence-electron chi connectivity index (χ3n) is 5.79. The quantitative estimate of drug-likeness (QED) is 0.548. The lowest BCUT2D eigenvalue weighted by Gasteiger charge is -2.40. The van der Waals surface area contributed by atoms with Gasteiger partial charge in [0.25, 0.3) is 0 Å². The molecule has 2 aromatic heterocycles. The van der Waals surface area contributed by atoms with Gasteiger partial charge in [0.1, 0.15) is 11.9 Å². The number of benzene rings is 2. The average Bonchev–Trinajstić information content (AvgIpc) is 3.20. The van der Waals surface area contributed by atoms with Gasteiger partial charge in [0.05, 0.1) is 17.6 Å². The van der Waals surface area contributed by atoms with Crippen LogP contribution in [0.15, 0.2) is 42.5 Å². The minimum Gasteiger partial charge on any atom is -0.369 e. The number of hydrogen-bond acceptors (Lipinski definition) is 7. The summed E-state index contributed by atoms with van der Waals surface area (Å²) in [6, 6.07) is 14.4. The lowest BCUT2D eigenvalue weighted by atomic mass is 10.1. The van der Waals surface area contributed by atoms with E-state index in [1.165, 1.54) is 16.6 Å². The standard InChI is InChI=1S/C22H21FN8/c1-14-12-30(17-7-5-16(23)6-8-17)10-9-29(14)13-19-26-21-18-4-2-3-15(11-24)20(18)27-22(25)31(21)28-19/h2-8,14H,9-10,12-13H2,1H3,(H2,25,27)/t14-/m1/s1.